The van der Waals surface area contributed by atoms with E-state index < -0.39 is 6.43 Å². The smallest absolute Gasteiger partial charge is 0.272 e. The van der Waals surface area contributed by atoms with Gasteiger partial charge in [-0.1, -0.05) is 31.5 Å². The molecule has 140 valence electrons. The van der Waals surface area contributed by atoms with Crippen molar-refractivity contribution in [3.63, 3.8) is 0 Å². The molecule has 0 atom stereocenters. The first-order valence-corrected chi connectivity index (χ1v) is 9.35. The summed E-state index contributed by atoms with van der Waals surface area (Å²) >= 11 is 0.985. The Hall–Kier alpha value is -2.67. The van der Waals surface area contributed by atoms with E-state index in [2.05, 4.69) is 9.97 Å². The molecule has 2 aromatic heterocycles. The second kappa shape index (κ2) is 7.92. The lowest BCUT2D eigenvalue weighted by Gasteiger charge is -2.23. The van der Waals surface area contributed by atoms with Crippen molar-refractivity contribution in [3.05, 3.63) is 58.4 Å². The SMILES string of the molecule is Cc1ccc(N(C(=O)C(C)C)c2nccc(-c3csc(C(F)F)c3)n2)cc1. The monoisotopic (exact) mass is 387 g/mol. The summed E-state index contributed by atoms with van der Waals surface area (Å²) in [5, 5.41) is 1.63. The Bertz CT molecular complexity index is 938. The average Bonchev–Trinajstić information content (AvgIpc) is 3.14. The third-order valence-corrected chi connectivity index (χ3v) is 4.92. The number of carbonyl (C=O) groups excluding carboxylic acids is 1. The van der Waals surface area contributed by atoms with Crippen molar-refractivity contribution in [2.24, 2.45) is 5.92 Å². The first kappa shape index (κ1) is 19.1. The first-order valence-electron chi connectivity index (χ1n) is 8.47. The zero-order valence-corrected chi connectivity index (χ0v) is 16.0. The van der Waals surface area contributed by atoms with Gasteiger partial charge in [-0.25, -0.2) is 23.6 Å². The fraction of sp³-hybridized carbons (Fsp3) is 0.250. The van der Waals surface area contributed by atoms with Crippen LogP contribution in [0.5, 0.6) is 0 Å². The number of anilines is 2. The van der Waals surface area contributed by atoms with E-state index in [1.54, 1.807) is 25.3 Å². The highest BCUT2D eigenvalue weighted by atomic mass is 32.1. The third kappa shape index (κ3) is 4.19. The van der Waals surface area contributed by atoms with Gasteiger partial charge in [-0.15, -0.1) is 11.3 Å². The van der Waals surface area contributed by atoms with E-state index in [9.17, 15) is 13.6 Å². The van der Waals surface area contributed by atoms with E-state index in [4.69, 9.17) is 0 Å². The molecule has 0 aliphatic carbocycles. The Labute approximate surface area is 160 Å². The second-order valence-corrected chi connectivity index (χ2v) is 7.39. The minimum atomic E-state index is -2.52. The van der Waals surface area contributed by atoms with E-state index in [0.29, 0.717) is 16.9 Å². The van der Waals surface area contributed by atoms with Gasteiger partial charge in [0.2, 0.25) is 11.9 Å². The number of halogens is 2. The summed E-state index contributed by atoms with van der Waals surface area (Å²) in [5.74, 6) is -0.181. The van der Waals surface area contributed by atoms with Crippen LogP contribution in [0.15, 0.2) is 48.0 Å². The Morgan fingerprint density at radius 3 is 2.44 bits per heavy atom. The lowest BCUT2D eigenvalue weighted by atomic mass is 10.1. The molecular weight excluding hydrogens is 368 g/mol. The molecule has 0 fully saturated rings. The predicted molar refractivity (Wildman–Crippen MR) is 103 cm³/mol. The van der Waals surface area contributed by atoms with E-state index in [0.717, 1.165) is 16.9 Å². The number of nitrogens with zero attached hydrogens (tertiary/aromatic N) is 3. The van der Waals surface area contributed by atoms with E-state index in [-0.39, 0.29) is 22.7 Å². The van der Waals surface area contributed by atoms with Crippen molar-refractivity contribution < 1.29 is 13.6 Å². The van der Waals surface area contributed by atoms with Crippen LogP contribution in [-0.4, -0.2) is 15.9 Å². The van der Waals surface area contributed by atoms with E-state index >= 15 is 0 Å². The summed E-state index contributed by atoms with van der Waals surface area (Å²) in [5.41, 5.74) is 2.81. The van der Waals surface area contributed by atoms with Crippen molar-refractivity contribution in [2.45, 2.75) is 27.2 Å². The zero-order chi connectivity index (χ0) is 19.6. The summed E-state index contributed by atoms with van der Waals surface area (Å²) in [6, 6.07) is 10.6. The Kier molecular flexibility index (Phi) is 5.60. The molecule has 0 bridgehead atoms. The van der Waals surface area contributed by atoms with Crippen LogP contribution in [0.25, 0.3) is 11.3 Å². The molecule has 0 N–H and O–H groups in total. The summed E-state index contributed by atoms with van der Waals surface area (Å²) in [4.78, 5) is 23.0. The molecule has 0 radical (unpaired) electrons. The maximum atomic E-state index is 12.9. The van der Waals surface area contributed by atoms with E-state index in [1.807, 2.05) is 31.2 Å². The highest BCUT2D eigenvalue weighted by Crippen LogP contribution is 2.32. The van der Waals surface area contributed by atoms with Crippen molar-refractivity contribution in [1.29, 1.82) is 0 Å². The molecule has 0 saturated heterocycles. The number of hydrogen-bond donors (Lipinski definition) is 0. The summed E-state index contributed by atoms with van der Waals surface area (Å²) in [6.45, 7) is 5.58. The van der Waals surface area contributed by atoms with E-state index in [1.165, 1.54) is 17.2 Å². The number of rotatable bonds is 5. The summed E-state index contributed by atoms with van der Waals surface area (Å²) in [6.07, 6.45) is -0.983. The third-order valence-electron chi connectivity index (χ3n) is 3.98. The van der Waals surface area contributed by atoms with Gasteiger partial charge >= 0.3 is 0 Å². The van der Waals surface area contributed by atoms with Gasteiger partial charge < -0.3 is 0 Å². The topological polar surface area (TPSA) is 46.1 Å². The second-order valence-electron chi connectivity index (χ2n) is 6.44. The number of thiophene rings is 1. The molecule has 3 rings (SSSR count). The predicted octanol–water partition coefficient (Wildman–Crippen LogP) is 5.77. The Balaban J connectivity index is 2.04. The largest absolute Gasteiger partial charge is 0.274 e. The molecule has 0 aliphatic rings. The molecule has 1 aromatic carbocycles. The van der Waals surface area contributed by atoms with Gasteiger partial charge in [0.05, 0.1) is 16.3 Å². The highest BCUT2D eigenvalue weighted by Gasteiger charge is 2.24. The fourth-order valence-electron chi connectivity index (χ4n) is 2.51. The minimum absolute atomic E-state index is 0.0150. The molecule has 0 unspecified atom stereocenters. The van der Waals surface area contributed by atoms with Gasteiger partial charge in [0, 0.05) is 23.1 Å². The van der Waals surface area contributed by atoms with Gasteiger partial charge in [-0.3, -0.25) is 4.79 Å². The molecule has 0 spiro atoms. The lowest BCUT2D eigenvalue weighted by Crippen LogP contribution is -2.31. The zero-order valence-electron chi connectivity index (χ0n) is 15.2. The maximum absolute atomic E-state index is 12.9. The van der Waals surface area contributed by atoms with Crippen LogP contribution < -0.4 is 4.90 Å². The molecule has 1 amide bonds. The van der Waals surface area contributed by atoms with Gasteiger partial charge in [-0.05, 0) is 31.2 Å². The molecule has 2 heterocycles. The number of amides is 1. The number of hydrogen-bond acceptors (Lipinski definition) is 4. The van der Waals surface area contributed by atoms with Gasteiger partial charge in [0.15, 0.2) is 0 Å². The van der Waals surface area contributed by atoms with Crippen LogP contribution >= 0.6 is 11.3 Å². The molecule has 4 nitrogen and oxygen atoms in total. The van der Waals surface area contributed by atoms with Crippen molar-refractivity contribution >= 4 is 28.9 Å². The fourth-order valence-corrected chi connectivity index (χ4v) is 3.26. The standard InChI is InChI=1S/C20H19F2N3OS/c1-12(2)19(26)25(15-6-4-13(3)5-7-15)20-23-9-8-16(24-20)14-10-17(18(21)22)27-11-14/h4-12,18H,1-3H3. The molecule has 0 aliphatic heterocycles. The quantitative estimate of drug-likeness (QED) is 0.558. The van der Waals surface area contributed by atoms with Crippen LogP contribution in [0.4, 0.5) is 20.4 Å². The Morgan fingerprint density at radius 1 is 1.15 bits per heavy atom. The normalized spacial score (nSPS) is 11.2. The first-order chi connectivity index (χ1) is 12.9. The highest BCUT2D eigenvalue weighted by molar-refractivity contribution is 7.10. The van der Waals surface area contributed by atoms with Crippen molar-refractivity contribution in [2.75, 3.05) is 4.90 Å². The summed E-state index contributed by atoms with van der Waals surface area (Å²) in [7, 11) is 0. The Morgan fingerprint density at radius 2 is 1.85 bits per heavy atom. The number of carbonyl (C=O) groups is 1. The van der Waals surface area contributed by atoms with Crippen LogP contribution in [0, 0.1) is 12.8 Å². The van der Waals surface area contributed by atoms with Crippen LogP contribution in [0.3, 0.4) is 0 Å². The number of benzene rings is 1. The minimum Gasteiger partial charge on any atom is -0.274 e. The molecule has 3 aromatic rings. The van der Waals surface area contributed by atoms with Crippen molar-refractivity contribution in [3.8, 4) is 11.3 Å². The van der Waals surface area contributed by atoms with Crippen LogP contribution in [-0.2, 0) is 4.79 Å². The van der Waals surface area contributed by atoms with Crippen LogP contribution in [0.1, 0.15) is 30.7 Å². The average molecular weight is 387 g/mol. The molecule has 7 heteroatoms. The maximum Gasteiger partial charge on any atom is 0.272 e. The van der Waals surface area contributed by atoms with Gasteiger partial charge in [-0.2, -0.15) is 0 Å². The molecular formula is C20H19F2N3OS. The number of alkyl halides is 2. The molecule has 27 heavy (non-hydrogen) atoms. The number of aromatic nitrogens is 2. The van der Waals surface area contributed by atoms with Gasteiger partial charge in [0.25, 0.3) is 6.43 Å². The number of aryl methyl sites for hydroxylation is 1. The molecule has 0 saturated carbocycles. The van der Waals surface area contributed by atoms with Crippen LogP contribution in [0.2, 0.25) is 0 Å². The van der Waals surface area contributed by atoms with Crippen molar-refractivity contribution in [1.82, 2.24) is 9.97 Å². The lowest BCUT2D eigenvalue weighted by molar-refractivity contribution is -0.120. The summed E-state index contributed by atoms with van der Waals surface area (Å²) < 4.78 is 25.8. The van der Waals surface area contributed by atoms with Gasteiger partial charge in [0.1, 0.15) is 0 Å².